The monoisotopic (exact) mass is 296 g/mol. The maximum absolute atomic E-state index is 12.2. The average Bonchev–Trinajstić information content (AvgIpc) is 2.90. The zero-order valence-electron chi connectivity index (χ0n) is 11.3. The van der Waals surface area contributed by atoms with Gasteiger partial charge in [-0.25, -0.2) is 0 Å². The summed E-state index contributed by atoms with van der Waals surface area (Å²) in [7, 11) is 0. The molecule has 0 saturated heterocycles. The first-order valence-corrected chi connectivity index (χ1v) is 6.51. The summed E-state index contributed by atoms with van der Waals surface area (Å²) in [5, 5.41) is 7.75. The molecule has 1 aromatic carbocycles. The summed E-state index contributed by atoms with van der Waals surface area (Å²) in [6.45, 7) is 0. The highest BCUT2D eigenvalue weighted by molar-refractivity contribution is 6.05. The van der Waals surface area contributed by atoms with Gasteiger partial charge in [0.15, 0.2) is 0 Å². The van der Waals surface area contributed by atoms with Crippen molar-refractivity contribution in [1.82, 2.24) is 15.2 Å². The molecule has 7 heteroatoms. The van der Waals surface area contributed by atoms with Gasteiger partial charge < -0.3 is 10.3 Å². The summed E-state index contributed by atoms with van der Waals surface area (Å²) < 4.78 is 0. The van der Waals surface area contributed by atoms with Crippen LogP contribution in [0, 0.1) is 0 Å². The Morgan fingerprint density at radius 3 is 2.41 bits per heavy atom. The number of nitrogens with one attached hydrogen (secondary N) is 4. The Kier molecular flexibility index (Phi) is 3.45. The first-order chi connectivity index (χ1) is 10.6. The van der Waals surface area contributed by atoms with E-state index >= 15 is 0 Å². The lowest BCUT2D eigenvalue weighted by molar-refractivity contribution is 0.102. The summed E-state index contributed by atoms with van der Waals surface area (Å²) in [5.74, 6) is -0.487. The van der Waals surface area contributed by atoms with E-state index < -0.39 is 11.5 Å². The van der Waals surface area contributed by atoms with Gasteiger partial charge in [0, 0.05) is 17.8 Å². The zero-order valence-corrected chi connectivity index (χ0v) is 11.3. The van der Waals surface area contributed by atoms with Crippen LogP contribution in [0.25, 0.3) is 11.3 Å². The molecule has 0 radical (unpaired) electrons. The van der Waals surface area contributed by atoms with Crippen molar-refractivity contribution >= 4 is 11.6 Å². The summed E-state index contributed by atoms with van der Waals surface area (Å²) in [5.41, 5.74) is 0.889. The fourth-order valence-electron chi connectivity index (χ4n) is 2.04. The van der Waals surface area contributed by atoms with Gasteiger partial charge in [-0.1, -0.05) is 30.3 Å². The van der Waals surface area contributed by atoms with E-state index in [4.69, 9.17) is 0 Å². The normalized spacial score (nSPS) is 10.4. The minimum atomic E-state index is -0.487. The van der Waals surface area contributed by atoms with Crippen LogP contribution in [-0.2, 0) is 0 Å². The molecule has 4 N–H and O–H groups in total. The van der Waals surface area contributed by atoms with E-state index in [1.807, 2.05) is 30.3 Å². The molecule has 0 aliphatic carbocycles. The Bertz CT molecular complexity index is 901. The molecule has 0 aliphatic heterocycles. The summed E-state index contributed by atoms with van der Waals surface area (Å²) >= 11 is 0. The van der Waals surface area contributed by atoms with Crippen LogP contribution >= 0.6 is 0 Å². The number of H-pyrrole nitrogens is 3. The molecule has 22 heavy (non-hydrogen) atoms. The predicted molar refractivity (Wildman–Crippen MR) is 81.9 cm³/mol. The van der Waals surface area contributed by atoms with Gasteiger partial charge in [-0.15, -0.1) is 0 Å². The second-order valence-electron chi connectivity index (χ2n) is 4.59. The smallest absolute Gasteiger partial charge is 0.288 e. The van der Waals surface area contributed by atoms with Crippen molar-refractivity contribution in [2.24, 2.45) is 0 Å². The molecule has 1 amide bonds. The molecule has 3 rings (SSSR count). The average molecular weight is 296 g/mol. The second-order valence-corrected chi connectivity index (χ2v) is 4.59. The van der Waals surface area contributed by atoms with E-state index in [0.717, 1.165) is 5.56 Å². The molecule has 0 bridgehead atoms. The molecule has 2 aromatic heterocycles. The van der Waals surface area contributed by atoms with Gasteiger partial charge in [-0.3, -0.25) is 24.6 Å². The van der Waals surface area contributed by atoms with Crippen LogP contribution in [0.1, 0.15) is 10.4 Å². The maximum atomic E-state index is 12.2. The van der Waals surface area contributed by atoms with E-state index in [1.54, 1.807) is 0 Å². The zero-order chi connectivity index (χ0) is 15.5. The Hall–Kier alpha value is -3.35. The third-order valence-corrected chi connectivity index (χ3v) is 3.13. The van der Waals surface area contributed by atoms with Gasteiger partial charge in [-0.2, -0.15) is 0 Å². The number of amides is 1. The molecule has 0 aliphatic rings. The first kappa shape index (κ1) is 13.6. The molecule has 0 fully saturated rings. The van der Waals surface area contributed by atoms with Crippen LogP contribution in [-0.4, -0.2) is 21.1 Å². The fourth-order valence-corrected chi connectivity index (χ4v) is 2.04. The maximum Gasteiger partial charge on any atom is 0.288 e. The Morgan fingerprint density at radius 1 is 0.955 bits per heavy atom. The molecule has 0 saturated carbocycles. The Balaban J connectivity index is 1.94. The van der Waals surface area contributed by atoms with Crippen molar-refractivity contribution in [2.45, 2.75) is 0 Å². The topological polar surface area (TPSA) is 111 Å². The highest BCUT2D eigenvalue weighted by Gasteiger charge is 2.15. The van der Waals surface area contributed by atoms with Crippen molar-refractivity contribution in [3.63, 3.8) is 0 Å². The van der Waals surface area contributed by atoms with E-state index in [1.165, 1.54) is 18.3 Å². The molecule has 7 nitrogen and oxygen atoms in total. The number of hydrogen-bond donors (Lipinski definition) is 4. The molecule has 0 atom stereocenters. The highest BCUT2D eigenvalue weighted by Crippen LogP contribution is 2.22. The Labute approximate surface area is 124 Å². The lowest BCUT2D eigenvalue weighted by atomic mass is 10.1. The lowest BCUT2D eigenvalue weighted by Gasteiger charge is -2.05. The van der Waals surface area contributed by atoms with E-state index in [-0.39, 0.29) is 16.8 Å². The SMILES string of the molecule is O=C(Nc1c(-c2ccccc2)[nH][nH]c1=O)c1ccc(=O)[nH]c1. The van der Waals surface area contributed by atoms with Crippen LogP contribution in [0.4, 0.5) is 5.69 Å². The van der Waals surface area contributed by atoms with Gasteiger partial charge in [0.2, 0.25) is 5.56 Å². The molecule has 110 valence electrons. The van der Waals surface area contributed by atoms with Gasteiger partial charge in [0.05, 0.1) is 11.3 Å². The van der Waals surface area contributed by atoms with Crippen LogP contribution < -0.4 is 16.4 Å². The van der Waals surface area contributed by atoms with Crippen LogP contribution in [0.2, 0.25) is 0 Å². The van der Waals surface area contributed by atoms with Gasteiger partial charge in [0.25, 0.3) is 11.5 Å². The van der Waals surface area contributed by atoms with Gasteiger partial charge in [0.1, 0.15) is 5.69 Å². The summed E-state index contributed by atoms with van der Waals surface area (Å²) in [6.07, 6.45) is 1.29. The number of pyridine rings is 1. The number of carbonyl (C=O) groups excluding carboxylic acids is 1. The number of carbonyl (C=O) groups is 1. The van der Waals surface area contributed by atoms with Crippen molar-refractivity contribution in [2.75, 3.05) is 5.32 Å². The van der Waals surface area contributed by atoms with Crippen molar-refractivity contribution in [3.05, 3.63) is 74.9 Å². The molecule has 0 spiro atoms. The van der Waals surface area contributed by atoms with Crippen LogP contribution in [0.3, 0.4) is 0 Å². The number of hydrogen-bond acceptors (Lipinski definition) is 3. The van der Waals surface area contributed by atoms with Crippen LogP contribution in [0.5, 0.6) is 0 Å². The minimum Gasteiger partial charge on any atom is -0.328 e. The third-order valence-electron chi connectivity index (χ3n) is 3.13. The molecular formula is C15H12N4O3. The fraction of sp³-hybridized carbons (Fsp3) is 0. The van der Waals surface area contributed by atoms with Crippen LogP contribution in [0.15, 0.2) is 58.3 Å². The van der Waals surface area contributed by atoms with E-state index in [9.17, 15) is 14.4 Å². The quantitative estimate of drug-likeness (QED) is 0.584. The van der Waals surface area contributed by atoms with E-state index in [2.05, 4.69) is 20.5 Å². The highest BCUT2D eigenvalue weighted by atomic mass is 16.2. The number of aromatic amines is 3. The first-order valence-electron chi connectivity index (χ1n) is 6.51. The molecule has 2 heterocycles. The number of aromatic nitrogens is 3. The number of anilines is 1. The van der Waals surface area contributed by atoms with Gasteiger partial charge >= 0.3 is 0 Å². The Morgan fingerprint density at radius 2 is 1.73 bits per heavy atom. The summed E-state index contributed by atoms with van der Waals surface area (Å²) in [4.78, 5) is 37.5. The lowest BCUT2D eigenvalue weighted by Crippen LogP contribution is -2.18. The largest absolute Gasteiger partial charge is 0.328 e. The van der Waals surface area contributed by atoms with Crippen molar-refractivity contribution < 1.29 is 4.79 Å². The number of rotatable bonds is 3. The molecular weight excluding hydrogens is 284 g/mol. The minimum absolute atomic E-state index is 0.127. The third kappa shape index (κ3) is 2.59. The standard InChI is InChI=1S/C15H12N4O3/c20-11-7-6-10(8-16-11)14(21)17-13-12(18-19-15(13)22)9-4-2-1-3-5-9/h1-8H,(H,16,20)(H,17,21)(H2,18,19,22). The second kappa shape index (κ2) is 5.57. The van der Waals surface area contributed by atoms with Gasteiger partial charge in [-0.05, 0) is 6.07 Å². The molecule has 0 unspecified atom stereocenters. The van der Waals surface area contributed by atoms with E-state index in [0.29, 0.717) is 5.69 Å². The number of benzene rings is 1. The summed E-state index contributed by atoms with van der Waals surface area (Å²) in [6, 6.07) is 11.8. The molecule has 3 aromatic rings. The van der Waals surface area contributed by atoms with Crippen molar-refractivity contribution in [3.8, 4) is 11.3 Å². The predicted octanol–water partition coefficient (Wildman–Crippen LogP) is 1.31. The van der Waals surface area contributed by atoms with Crippen molar-refractivity contribution in [1.29, 1.82) is 0 Å².